The van der Waals surface area contributed by atoms with E-state index in [1.807, 2.05) is 0 Å². The molecule has 0 radical (unpaired) electrons. The van der Waals surface area contributed by atoms with E-state index in [1.165, 1.54) is 12.1 Å². The highest BCUT2D eigenvalue weighted by molar-refractivity contribution is 6.30. The number of hydrogen-bond donors (Lipinski definition) is 0. The van der Waals surface area contributed by atoms with Crippen LogP contribution in [0.2, 0.25) is 5.02 Å². The third-order valence-electron chi connectivity index (χ3n) is 2.13. The van der Waals surface area contributed by atoms with Crippen molar-refractivity contribution in [2.24, 2.45) is 0 Å². The molecule has 0 aromatic heterocycles. The molecule has 0 aliphatic heterocycles. The molecular formula is C13H9Cl2FO. The molecule has 17 heavy (non-hydrogen) atoms. The lowest BCUT2D eigenvalue weighted by molar-refractivity contribution is 0.476. The molecule has 4 heteroatoms. The predicted molar refractivity (Wildman–Crippen MR) is 67.5 cm³/mol. The first-order valence-corrected chi connectivity index (χ1v) is 5.87. The Labute approximate surface area is 109 Å². The summed E-state index contributed by atoms with van der Waals surface area (Å²) < 4.78 is 18.7. The maximum absolute atomic E-state index is 13.2. The zero-order chi connectivity index (χ0) is 12.3. The van der Waals surface area contributed by atoms with Crippen LogP contribution >= 0.6 is 23.2 Å². The minimum atomic E-state index is -0.368. The average Bonchev–Trinajstić information content (AvgIpc) is 2.31. The van der Waals surface area contributed by atoms with Gasteiger partial charge in [-0.2, -0.15) is 0 Å². The van der Waals surface area contributed by atoms with E-state index in [4.69, 9.17) is 27.9 Å². The Hall–Kier alpha value is -1.25. The summed E-state index contributed by atoms with van der Waals surface area (Å²) in [5, 5.41) is 0.623. The summed E-state index contributed by atoms with van der Waals surface area (Å²) in [6.45, 7) is 0. The molecule has 0 aliphatic rings. The van der Waals surface area contributed by atoms with Gasteiger partial charge in [-0.15, -0.1) is 11.6 Å². The van der Waals surface area contributed by atoms with Gasteiger partial charge in [0.1, 0.15) is 17.3 Å². The van der Waals surface area contributed by atoms with E-state index in [-0.39, 0.29) is 11.7 Å². The van der Waals surface area contributed by atoms with E-state index in [0.29, 0.717) is 22.1 Å². The largest absolute Gasteiger partial charge is 0.457 e. The lowest BCUT2D eigenvalue weighted by Crippen LogP contribution is -1.88. The van der Waals surface area contributed by atoms with Crippen LogP contribution < -0.4 is 4.74 Å². The van der Waals surface area contributed by atoms with Gasteiger partial charge in [-0.1, -0.05) is 11.6 Å². The Balaban J connectivity index is 2.23. The summed E-state index contributed by atoms with van der Waals surface area (Å²) in [5.41, 5.74) is 0.677. The Bertz CT molecular complexity index is 511. The summed E-state index contributed by atoms with van der Waals surface area (Å²) in [6.07, 6.45) is 0. The summed E-state index contributed by atoms with van der Waals surface area (Å²) in [4.78, 5) is 0. The van der Waals surface area contributed by atoms with Gasteiger partial charge < -0.3 is 4.74 Å². The molecule has 2 rings (SSSR count). The normalized spacial score (nSPS) is 10.3. The van der Waals surface area contributed by atoms with Gasteiger partial charge >= 0.3 is 0 Å². The maximum atomic E-state index is 13.2. The quantitative estimate of drug-likeness (QED) is 0.713. The number of rotatable bonds is 3. The second-order valence-electron chi connectivity index (χ2n) is 3.48. The van der Waals surface area contributed by atoms with Crippen LogP contribution in [0.15, 0.2) is 42.5 Å². The molecule has 2 aromatic carbocycles. The highest BCUT2D eigenvalue weighted by Crippen LogP contribution is 2.25. The molecule has 0 amide bonds. The fourth-order valence-corrected chi connectivity index (χ4v) is 1.68. The molecule has 2 aromatic rings. The van der Waals surface area contributed by atoms with Gasteiger partial charge in [-0.25, -0.2) is 4.39 Å². The van der Waals surface area contributed by atoms with Gasteiger partial charge in [0.15, 0.2) is 0 Å². The Kier molecular flexibility index (Phi) is 3.87. The summed E-state index contributed by atoms with van der Waals surface area (Å²) in [5.74, 6) is 0.893. The van der Waals surface area contributed by atoms with E-state index in [1.54, 1.807) is 30.3 Å². The highest BCUT2D eigenvalue weighted by atomic mass is 35.5. The monoisotopic (exact) mass is 270 g/mol. The Morgan fingerprint density at radius 3 is 2.35 bits per heavy atom. The maximum Gasteiger partial charge on any atom is 0.130 e. The molecule has 0 saturated carbocycles. The number of ether oxygens (including phenoxy) is 1. The van der Waals surface area contributed by atoms with Crippen molar-refractivity contribution in [3.8, 4) is 11.5 Å². The van der Waals surface area contributed by atoms with Crippen molar-refractivity contribution in [1.29, 1.82) is 0 Å². The van der Waals surface area contributed by atoms with Crippen LogP contribution in [0.3, 0.4) is 0 Å². The van der Waals surface area contributed by atoms with E-state index in [0.717, 1.165) is 0 Å². The topological polar surface area (TPSA) is 9.23 Å². The number of hydrogen-bond acceptors (Lipinski definition) is 1. The van der Waals surface area contributed by atoms with E-state index < -0.39 is 0 Å². The first kappa shape index (κ1) is 12.2. The van der Waals surface area contributed by atoms with Crippen LogP contribution in [0.1, 0.15) is 5.56 Å². The van der Waals surface area contributed by atoms with Gasteiger partial charge in [0.05, 0.1) is 0 Å². The molecular weight excluding hydrogens is 262 g/mol. The number of alkyl halides is 1. The first-order chi connectivity index (χ1) is 8.17. The molecule has 0 N–H and O–H groups in total. The third kappa shape index (κ3) is 3.35. The molecule has 0 heterocycles. The fraction of sp³-hybridized carbons (Fsp3) is 0.0769. The third-order valence-corrected chi connectivity index (χ3v) is 2.70. The van der Waals surface area contributed by atoms with Gasteiger partial charge in [0, 0.05) is 17.0 Å². The molecule has 1 nitrogen and oxygen atoms in total. The number of halogens is 3. The summed E-state index contributed by atoms with van der Waals surface area (Å²) in [6, 6.07) is 11.2. The van der Waals surface area contributed by atoms with Gasteiger partial charge in [0.2, 0.25) is 0 Å². The second-order valence-corrected chi connectivity index (χ2v) is 4.19. The van der Waals surface area contributed by atoms with Crippen molar-refractivity contribution in [3.05, 3.63) is 58.9 Å². The molecule has 0 bridgehead atoms. The van der Waals surface area contributed by atoms with Gasteiger partial charge in [-0.05, 0) is 42.0 Å². The van der Waals surface area contributed by atoms with Crippen LogP contribution in [0.25, 0.3) is 0 Å². The SMILES string of the molecule is Fc1cc(CCl)cc(Oc2ccc(Cl)cc2)c1. The van der Waals surface area contributed by atoms with Crippen LogP contribution in [0, 0.1) is 5.82 Å². The molecule has 0 saturated heterocycles. The summed E-state index contributed by atoms with van der Waals surface area (Å²) in [7, 11) is 0. The van der Waals surface area contributed by atoms with E-state index >= 15 is 0 Å². The molecule has 0 unspecified atom stereocenters. The van der Waals surface area contributed by atoms with Crippen molar-refractivity contribution in [2.75, 3.05) is 0 Å². The van der Waals surface area contributed by atoms with Crippen LogP contribution in [0.5, 0.6) is 11.5 Å². The highest BCUT2D eigenvalue weighted by Gasteiger charge is 2.02. The zero-order valence-electron chi connectivity index (χ0n) is 8.79. The molecule has 0 atom stereocenters. The molecule has 0 aliphatic carbocycles. The standard InChI is InChI=1S/C13H9Cl2FO/c14-8-9-5-11(16)7-13(6-9)17-12-3-1-10(15)2-4-12/h1-7H,8H2. The average molecular weight is 271 g/mol. The van der Waals surface area contributed by atoms with Crippen LogP contribution in [-0.2, 0) is 5.88 Å². The van der Waals surface area contributed by atoms with Crippen molar-refractivity contribution in [3.63, 3.8) is 0 Å². The van der Waals surface area contributed by atoms with Crippen molar-refractivity contribution in [1.82, 2.24) is 0 Å². The zero-order valence-corrected chi connectivity index (χ0v) is 10.3. The fourth-order valence-electron chi connectivity index (χ4n) is 1.40. The van der Waals surface area contributed by atoms with Crippen molar-refractivity contribution < 1.29 is 9.13 Å². The predicted octanol–water partition coefficient (Wildman–Crippen LogP) is 5.01. The molecule has 88 valence electrons. The minimum absolute atomic E-state index is 0.245. The minimum Gasteiger partial charge on any atom is -0.457 e. The van der Waals surface area contributed by atoms with E-state index in [2.05, 4.69) is 0 Å². The smallest absolute Gasteiger partial charge is 0.130 e. The first-order valence-electron chi connectivity index (χ1n) is 4.96. The molecule has 0 spiro atoms. The lowest BCUT2D eigenvalue weighted by atomic mass is 10.2. The lowest BCUT2D eigenvalue weighted by Gasteiger charge is -2.07. The Morgan fingerprint density at radius 2 is 1.71 bits per heavy atom. The van der Waals surface area contributed by atoms with E-state index in [9.17, 15) is 4.39 Å². The van der Waals surface area contributed by atoms with Gasteiger partial charge in [-0.3, -0.25) is 0 Å². The van der Waals surface area contributed by atoms with Crippen molar-refractivity contribution >= 4 is 23.2 Å². The second kappa shape index (κ2) is 5.39. The van der Waals surface area contributed by atoms with Gasteiger partial charge in [0.25, 0.3) is 0 Å². The molecule has 0 fully saturated rings. The number of benzene rings is 2. The van der Waals surface area contributed by atoms with Crippen molar-refractivity contribution in [2.45, 2.75) is 5.88 Å². The summed E-state index contributed by atoms with van der Waals surface area (Å²) >= 11 is 11.4. The van der Waals surface area contributed by atoms with Crippen LogP contribution in [-0.4, -0.2) is 0 Å². The van der Waals surface area contributed by atoms with Crippen LogP contribution in [0.4, 0.5) is 4.39 Å². The Morgan fingerprint density at radius 1 is 1.00 bits per heavy atom.